The Labute approximate surface area is 86.2 Å². The number of alkyl carbamates (subject to hydrolysis) is 1. The van der Waals surface area contributed by atoms with E-state index in [1.165, 1.54) is 0 Å². The molecule has 1 N–H and O–H groups in total. The Bertz CT molecular complexity index is 339. The lowest BCUT2D eigenvalue weighted by Gasteiger charge is -2.23. The van der Waals surface area contributed by atoms with Crippen molar-refractivity contribution in [3.05, 3.63) is 29.0 Å². The van der Waals surface area contributed by atoms with Crippen LogP contribution in [0.5, 0.6) is 0 Å². The summed E-state index contributed by atoms with van der Waals surface area (Å²) < 4.78 is 4.76. The van der Waals surface area contributed by atoms with Gasteiger partial charge in [0, 0.05) is 12.6 Å². The van der Waals surface area contributed by atoms with Crippen molar-refractivity contribution < 1.29 is 9.53 Å². The molecule has 0 bridgehead atoms. The molecule has 1 amide bonds. The number of amides is 1. The second-order valence-corrected chi connectivity index (χ2v) is 3.42. The van der Waals surface area contributed by atoms with Gasteiger partial charge in [-0.1, -0.05) is 17.7 Å². The van der Waals surface area contributed by atoms with E-state index in [2.05, 4.69) is 10.3 Å². The van der Waals surface area contributed by atoms with Gasteiger partial charge in [-0.2, -0.15) is 0 Å². The van der Waals surface area contributed by atoms with E-state index in [-0.39, 0.29) is 12.1 Å². The van der Waals surface area contributed by atoms with Crippen LogP contribution in [0.2, 0.25) is 5.15 Å². The highest BCUT2D eigenvalue weighted by Gasteiger charge is 2.20. The zero-order valence-corrected chi connectivity index (χ0v) is 8.12. The van der Waals surface area contributed by atoms with Crippen LogP contribution >= 0.6 is 11.6 Å². The van der Waals surface area contributed by atoms with Crippen LogP contribution in [0, 0.1) is 0 Å². The van der Waals surface area contributed by atoms with E-state index in [0.717, 1.165) is 12.0 Å². The van der Waals surface area contributed by atoms with Gasteiger partial charge in [-0.25, -0.2) is 9.78 Å². The van der Waals surface area contributed by atoms with Crippen LogP contribution in [0.3, 0.4) is 0 Å². The lowest BCUT2D eigenvalue weighted by molar-refractivity contribution is 0.115. The number of carbonyl (C=O) groups is 1. The Morgan fingerprint density at radius 1 is 1.57 bits per heavy atom. The molecule has 1 fully saturated rings. The molecule has 1 saturated heterocycles. The summed E-state index contributed by atoms with van der Waals surface area (Å²) in [7, 11) is 0. The fraction of sp³-hybridized carbons (Fsp3) is 0.333. The summed E-state index contributed by atoms with van der Waals surface area (Å²) in [6, 6.07) is 3.55. The Morgan fingerprint density at radius 3 is 3.07 bits per heavy atom. The second-order valence-electron chi connectivity index (χ2n) is 3.04. The summed E-state index contributed by atoms with van der Waals surface area (Å²) in [4.78, 5) is 14.9. The SMILES string of the molecule is O=C1N[C@H](c2ccc(Cl)nc2)CCO1. The molecule has 1 atom stereocenters. The lowest BCUT2D eigenvalue weighted by atomic mass is 10.1. The van der Waals surface area contributed by atoms with Crippen molar-refractivity contribution in [3.63, 3.8) is 0 Å². The highest BCUT2D eigenvalue weighted by Crippen LogP contribution is 2.20. The molecule has 74 valence electrons. The van der Waals surface area contributed by atoms with Gasteiger partial charge in [0.25, 0.3) is 0 Å². The molecule has 1 aliphatic rings. The molecule has 1 aliphatic heterocycles. The van der Waals surface area contributed by atoms with Crippen molar-refractivity contribution in [2.24, 2.45) is 0 Å². The largest absolute Gasteiger partial charge is 0.449 e. The summed E-state index contributed by atoms with van der Waals surface area (Å²) in [5, 5.41) is 3.16. The molecule has 1 aromatic rings. The Morgan fingerprint density at radius 2 is 2.43 bits per heavy atom. The number of ether oxygens (including phenoxy) is 1. The Kier molecular flexibility index (Phi) is 2.54. The van der Waals surface area contributed by atoms with Gasteiger partial charge >= 0.3 is 6.09 Å². The molecule has 2 rings (SSSR count). The molecule has 0 unspecified atom stereocenters. The smallest absolute Gasteiger partial charge is 0.407 e. The van der Waals surface area contributed by atoms with Crippen LogP contribution in [0.15, 0.2) is 18.3 Å². The van der Waals surface area contributed by atoms with Gasteiger partial charge in [0.05, 0.1) is 12.6 Å². The average molecular weight is 213 g/mol. The highest BCUT2D eigenvalue weighted by molar-refractivity contribution is 6.29. The molecular formula is C9H9ClN2O2. The van der Waals surface area contributed by atoms with Crippen LogP contribution in [0.25, 0.3) is 0 Å². The van der Waals surface area contributed by atoms with Gasteiger partial charge in [-0.3, -0.25) is 0 Å². The first-order chi connectivity index (χ1) is 6.75. The van der Waals surface area contributed by atoms with E-state index in [0.29, 0.717) is 11.8 Å². The zero-order valence-electron chi connectivity index (χ0n) is 7.37. The predicted molar refractivity (Wildman–Crippen MR) is 51.1 cm³/mol. The molecule has 1 aromatic heterocycles. The number of aromatic nitrogens is 1. The number of hydrogen-bond acceptors (Lipinski definition) is 3. The topological polar surface area (TPSA) is 51.2 Å². The lowest BCUT2D eigenvalue weighted by Crippen LogP contribution is -2.35. The first-order valence-electron chi connectivity index (χ1n) is 4.30. The van der Waals surface area contributed by atoms with Crippen molar-refractivity contribution in [1.82, 2.24) is 10.3 Å². The number of nitrogens with zero attached hydrogens (tertiary/aromatic N) is 1. The minimum Gasteiger partial charge on any atom is -0.449 e. The Hall–Kier alpha value is -1.29. The number of rotatable bonds is 1. The van der Waals surface area contributed by atoms with Crippen LogP contribution in [0.4, 0.5) is 4.79 Å². The summed E-state index contributed by atoms with van der Waals surface area (Å²) in [5.74, 6) is 0. The third kappa shape index (κ3) is 1.96. The molecule has 2 heterocycles. The van der Waals surface area contributed by atoms with E-state index in [9.17, 15) is 4.79 Å². The summed E-state index contributed by atoms with van der Waals surface area (Å²) >= 11 is 5.66. The minimum absolute atomic E-state index is 0.0129. The summed E-state index contributed by atoms with van der Waals surface area (Å²) in [5.41, 5.74) is 0.950. The van der Waals surface area contributed by atoms with E-state index in [1.807, 2.05) is 6.07 Å². The monoisotopic (exact) mass is 212 g/mol. The van der Waals surface area contributed by atoms with E-state index in [1.54, 1.807) is 12.3 Å². The van der Waals surface area contributed by atoms with Crippen molar-refractivity contribution in [2.45, 2.75) is 12.5 Å². The first-order valence-corrected chi connectivity index (χ1v) is 4.68. The molecule has 5 heteroatoms. The summed E-state index contributed by atoms with van der Waals surface area (Å²) in [6.07, 6.45) is 2.05. The van der Waals surface area contributed by atoms with E-state index < -0.39 is 0 Å². The average Bonchev–Trinajstić information content (AvgIpc) is 2.19. The third-order valence-corrected chi connectivity index (χ3v) is 2.31. The molecule has 0 aromatic carbocycles. The van der Waals surface area contributed by atoms with Crippen LogP contribution in [-0.2, 0) is 4.74 Å². The number of carbonyl (C=O) groups excluding carboxylic acids is 1. The van der Waals surface area contributed by atoms with Gasteiger partial charge in [-0.15, -0.1) is 0 Å². The fourth-order valence-electron chi connectivity index (χ4n) is 1.37. The summed E-state index contributed by atoms with van der Waals surface area (Å²) in [6.45, 7) is 0.444. The van der Waals surface area contributed by atoms with Gasteiger partial charge < -0.3 is 10.1 Å². The molecule has 0 saturated carbocycles. The normalized spacial score (nSPS) is 21.2. The number of nitrogens with one attached hydrogen (secondary N) is 1. The quantitative estimate of drug-likeness (QED) is 0.724. The molecule has 0 spiro atoms. The zero-order chi connectivity index (χ0) is 9.97. The van der Waals surface area contributed by atoms with Gasteiger partial charge in [0.2, 0.25) is 0 Å². The predicted octanol–water partition coefficient (Wildman–Crippen LogP) is 1.91. The van der Waals surface area contributed by atoms with Gasteiger partial charge in [0.15, 0.2) is 0 Å². The van der Waals surface area contributed by atoms with Crippen molar-refractivity contribution >= 4 is 17.7 Å². The van der Waals surface area contributed by atoms with E-state index >= 15 is 0 Å². The highest BCUT2D eigenvalue weighted by atomic mass is 35.5. The number of halogens is 1. The maximum atomic E-state index is 10.9. The molecule has 0 aliphatic carbocycles. The maximum absolute atomic E-state index is 10.9. The van der Waals surface area contributed by atoms with Gasteiger partial charge in [0.1, 0.15) is 5.15 Å². The van der Waals surface area contributed by atoms with Crippen molar-refractivity contribution in [1.29, 1.82) is 0 Å². The first kappa shape index (κ1) is 9.27. The van der Waals surface area contributed by atoms with Gasteiger partial charge in [-0.05, 0) is 11.6 Å². The van der Waals surface area contributed by atoms with Crippen molar-refractivity contribution in [3.8, 4) is 0 Å². The molecule has 0 radical (unpaired) electrons. The second kappa shape index (κ2) is 3.84. The van der Waals surface area contributed by atoms with Crippen LogP contribution in [-0.4, -0.2) is 17.7 Å². The van der Waals surface area contributed by atoms with E-state index in [4.69, 9.17) is 16.3 Å². The number of cyclic esters (lactones) is 1. The number of hydrogen-bond donors (Lipinski definition) is 1. The Balaban J connectivity index is 2.14. The molecule has 14 heavy (non-hydrogen) atoms. The maximum Gasteiger partial charge on any atom is 0.407 e. The van der Waals surface area contributed by atoms with Crippen LogP contribution < -0.4 is 5.32 Å². The third-order valence-electron chi connectivity index (χ3n) is 2.08. The van der Waals surface area contributed by atoms with Crippen LogP contribution in [0.1, 0.15) is 18.0 Å². The van der Waals surface area contributed by atoms with Crippen molar-refractivity contribution in [2.75, 3.05) is 6.61 Å². The minimum atomic E-state index is -0.379. The fourth-order valence-corrected chi connectivity index (χ4v) is 1.48. The molecule has 4 nitrogen and oxygen atoms in total. The number of pyridine rings is 1. The molecular weight excluding hydrogens is 204 g/mol. The standard InChI is InChI=1S/C9H9ClN2O2/c10-8-2-1-6(5-11-8)7-3-4-14-9(13)12-7/h1-2,5,7H,3-4H2,(H,12,13)/t7-/m0/s1.